The fraction of sp³-hybridized carbons (Fsp3) is 0.455. The summed E-state index contributed by atoms with van der Waals surface area (Å²) >= 11 is 4.76. The van der Waals surface area contributed by atoms with Gasteiger partial charge in [-0.05, 0) is 34.4 Å². The number of carbonyl (C=O) groups is 2. The van der Waals surface area contributed by atoms with Crippen molar-refractivity contribution < 1.29 is 9.59 Å². The largest absolute Gasteiger partial charge is 0.359 e. The predicted octanol–water partition coefficient (Wildman–Crippen LogP) is 1.76. The number of halogens is 1. The van der Waals surface area contributed by atoms with E-state index in [1.54, 1.807) is 7.05 Å². The number of thiophene rings is 1. The molecule has 17 heavy (non-hydrogen) atoms. The molecule has 94 valence electrons. The fourth-order valence-corrected chi connectivity index (χ4v) is 2.83. The van der Waals surface area contributed by atoms with Crippen LogP contribution in [0.5, 0.6) is 0 Å². The Labute approximate surface area is 113 Å². The van der Waals surface area contributed by atoms with Crippen molar-refractivity contribution in [2.24, 2.45) is 0 Å². The number of hydrogen-bond donors (Lipinski definition) is 1. The molecule has 0 spiro atoms. The van der Waals surface area contributed by atoms with Crippen molar-refractivity contribution in [1.29, 1.82) is 0 Å². The molecular weight excluding hydrogens is 304 g/mol. The van der Waals surface area contributed by atoms with E-state index < -0.39 is 0 Å². The molecule has 1 amide bonds. The number of likely N-dealkylation sites (N-methyl/N-ethyl adjacent to an activating group) is 1. The molecule has 0 saturated carbocycles. The van der Waals surface area contributed by atoms with Gasteiger partial charge in [-0.15, -0.1) is 11.3 Å². The maximum Gasteiger partial charge on any atom is 0.221 e. The highest BCUT2D eigenvalue weighted by Crippen LogP contribution is 2.23. The minimum Gasteiger partial charge on any atom is -0.359 e. The average molecular weight is 319 g/mol. The highest BCUT2D eigenvalue weighted by molar-refractivity contribution is 9.10. The number of rotatable bonds is 6. The van der Waals surface area contributed by atoms with Crippen LogP contribution in [-0.2, 0) is 4.79 Å². The third-order valence-electron chi connectivity index (χ3n) is 2.28. The molecule has 1 N–H and O–H groups in total. The summed E-state index contributed by atoms with van der Waals surface area (Å²) in [4.78, 5) is 25.5. The molecule has 0 bridgehead atoms. The maximum absolute atomic E-state index is 11.9. The van der Waals surface area contributed by atoms with Crippen molar-refractivity contribution >= 4 is 39.0 Å². The second-order valence-corrected chi connectivity index (χ2v) is 5.45. The van der Waals surface area contributed by atoms with E-state index >= 15 is 0 Å². The Kier molecular flexibility index (Phi) is 5.80. The summed E-state index contributed by atoms with van der Waals surface area (Å²) in [6.45, 7) is 0.907. The van der Waals surface area contributed by atoms with Gasteiger partial charge in [0.25, 0.3) is 0 Å². The first-order chi connectivity index (χ1) is 8.04. The Bertz CT molecular complexity index is 406. The molecule has 6 heteroatoms. The van der Waals surface area contributed by atoms with Crippen molar-refractivity contribution in [2.75, 3.05) is 27.2 Å². The summed E-state index contributed by atoms with van der Waals surface area (Å²) in [5, 5.41) is 4.43. The zero-order chi connectivity index (χ0) is 12.8. The molecule has 0 saturated heterocycles. The van der Waals surface area contributed by atoms with Gasteiger partial charge in [0.2, 0.25) is 5.91 Å². The van der Waals surface area contributed by atoms with Crippen LogP contribution >= 0.6 is 27.3 Å². The van der Waals surface area contributed by atoms with E-state index in [1.165, 1.54) is 11.3 Å². The lowest BCUT2D eigenvalue weighted by Gasteiger charge is -2.14. The quantitative estimate of drug-likeness (QED) is 0.813. The van der Waals surface area contributed by atoms with Gasteiger partial charge in [-0.3, -0.25) is 14.5 Å². The molecule has 0 fully saturated rings. The standard InChI is InChI=1S/C11H15BrN2O2S/c1-13-10(16)3-5-14(2)7-9(15)11-8(12)4-6-17-11/h4,6H,3,5,7H2,1-2H3,(H,13,16). The van der Waals surface area contributed by atoms with Gasteiger partial charge in [-0.1, -0.05) is 0 Å². The van der Waals surface area contributed by atoms with E-state index in [2.05, 4.69) is 21.2 Å². The maximum atomic E-state index is 11.9. The third kappa shape index (κ3) is 4.57. The molecule has 4 nitrogen and oxygen atoms in total. The van der Waals surface area contributed by atoms with Crippen LogP contribution in [0.15, 0.2) is 15.9 Å². The van der Waals surface area contributed by atoms with Gasteiger partial charge in [-0.25, -0.2) is 0 Å². The lowest BCUT2D eigenvalue weighted by Crippen LogP contribution is -2.30. The van der Waals surface area contributed by atoms with Crippen LogP contribution in [-0.4, -0.2) is 43.8 Å². The SMILES string of the molecule is CNC(=O)CCN(C)CC(=O)c1sccc1Br. The van der Waals surface area contributed by atoms with E-state index in [0.29, 0.717) is 19.5 Å². The summed E-state index contributed by atoms with van der Waals surface area (Å²) in [6.07, 6.45) is 0.409. The number of ketones is 1. The Morgan fingerprint density at radius 2 is 2.24 bits per heavy atom. The molecule has 1 aromatic heterocycles. The van der Waals surface area contributed by atoms with E-state index in [1.807, 2.05) is 23.4 Å². The lowest BCUT2D eigenvalue weighted by molar-refractivity contribution is -0.120. The monoisotopic (exact) mass is 318 g/mol. The first-order valence-electron chi connectivity index (χ1n) is 5.20. The zero-order valence-corrected chi connectivity index (χ0v) is 12.2. The second kappa shape index (κ2) is 6.88. The molecule has 0 aromatic carbocycles. The van der Waals surface area contributed by atoms with E-state index in [4.69, 9.17) is 0 Å². The fourth-order valence-electron chi connectivity index (χ4n) is 1.31. The highest BCUT2D eigenvalue weighted by Gasteiger charge is 2.14. The summed E-state index contributed by atoms with van der Waals surface area (Å²) in [6, 6.07) is 1.86. The van der Waals surface area contributed by atoms with E-state index in [9.17, 15) is 9.59 Å². The van der Waals surface area contributed by atoms with Gasteiger partial charge in [0.05, 0.1) is 11.4 Å². The van der Waals surface area contributed by atoms with Crippen molar-refractivity contribution in [2.45, 2.75) is 6.42 Å². The topological polar surface area (TPSA) is 49.4 Å². The first kappa shape index (κ1) is 14.3. The van der Waals surface area contributed by atoms with Crippen LogP contribution in [0.2, 0.25) is 0 Å². The Balaban J connectivity index is 2.41. The summed E-state index contributed by atoms with van der Waals surface area (Å²) < 4.78 is 0.840. The average Bonchev–Trinajstić information content (AvgIpc) is 2.72. The van der Waals surface area contributed by atoms with Crippen LogP contribution in [0.25, 0.3) is 0 Å². The molecule has 0 unspecified atom stereocenters. The van der Waals surface area contributed by atoms with Crippen LogP contribution in [0.4, 0.5) is 0 Å². The van der Waals surface area contributed by atoms with Crippen molar-refractivity contribution in [3.8, 4) is 0 Å². The molecule has 0 atom stereocenters. The number of amides is 1. The number of nitrogens with zero attached hydrogens (tertiary/aromatic N) is 1. The molecule has 1 aromatic rings. The molecule has 1 rings (SSSR count). The molecule has 0 aliphatic heterocycles. The normalized spacial score (nSPS) is 10.6. The Morgan fingerprint density at radius 3 is 2.76 bits per heavy atom. The smallest absolute Gasteiger partial charge is 0.221 e. The summed E-state index contributed by atoms with van der Waals surface area (Å²) in [5.41, 5.74) is 0. The Hall–Kier alpha value is -0.720. The molecule has 0 aliphatic rings. The van der Waals surface area contributed by atoms with Crippen LogP contribution in [0, 0.1) is 0 Å². The van der Waals surface area contributed by atoms with Crippen molar-refractivity contribution in [3.63, 3.8) is 0 Å². The van der Waals surface area contributed by atoms with Gasteiger partial charge in [-0.2, -0.15) is 0 Å². The van der Waals surface area contributed by atoms with Gasteiger partial charge < -0.3 is 5.32 Å². The number of nitrogens with one attached hydrogen (secondary N) is 1. The molecule has 1 heterocycles. The van der Waals surface area contributed by atoms with Gasteiger partial charge in [0.1, 0.15) is 0 Å². The molecule has 0 radical (unpaired) electrons. The summed E-state index contributed by atoms with van der Waals surface area (Å²) in [5.74, 6) is 0.0629. The van der Waals surface area contributed by atoms with Crippen molar-refractivity contribution in [1.82, 2.24) is 10.2 Å². The minimum absolute atomic E-state index is 0.0124. The van der Waals surface area contributed by atoms with Crippen molar-refractivity contribution in [3.05, 3.63) is 20.8 Å². The highest BCUT2D eigenvalue weighted by atomic mass is 79.9. The number of Topliss-reactive ketones (excluding diaryl/α,β-unsaturated/α-hetero) is 1. The van der Waals surface area contributed by atoms with E-state index in [-0.39, 0.29) is 11.7 Å². The summed E-state index contributed by atoms with van der Waals surface area (Å²) in [7, 11) is 3.44. The predicted molar refractivity (Wildman–Crippen MR) is 72.5 cm³/mol. The lowest BCUT2D eigenvalue weighted by atomic mass is 10.3. The van der Waals surface area contributed by atoms with Crippen LogP contribution in [0.3, 0.4) is 0 Å². The zero-order valence-electron chi connectivity index (χ0n) is 9.83. The first-order valence-corrected chi connectivity index (χ1v) is 6.87. The third-order valence-corrected chi connectivity index (χ3v) is 4.16. The molecule has 0 aliphatic carbocycles. The minimum atomic E-state index is -0.0124. The van der Waals surface area contributed by atoms with Gasteiger partial charge in [0.15, 0.2) is 5.78 Å². The van der Waals surface area contributed by atoms with Gasteiger partial charge in [0, 0.05) is 24.5 Å². The Morgan fingerprint density at radius 1 is 1.53 bits per heavy atom. The van der Waals surface area contributed by atoms with E-state index in [0.717, 1.165) is 9.35 Å². The van der Waals surface area contributed by atoms with Crippen LogP contribution < -0.4 is 5.32 Å². The van der Waals surface area contributed by atoms with Crippen LogP contribution in [0.1, 0.15) is 16.1 Å². The van der Waals surface area contributed by atoms with Gasteiger partial charge >= 0.3 is 0 Å². The number of hydrogen-bond acceptors (Lipinski definition) is 4. The number of carbonyl (C=O) groups excluding carboxylic acids is 2. The second-order valence-electron chi connectivity index (χ2n) is 3.68. The molecular formula is C11H15BrN2O2S.